The molecule has 0 saturated carbocycles. The Morgan fingerprint density at radius 2 is 2.12 bits per heavy atom. The van der Waals surface area contributed by atoms with Crippen LogP contribution in [0.1, 0.15) is 24.2 Å². The van der Waals surface area contributed by atoms with Crippen LogP contribution in [-0.4, -0.2) is 21.0 Å². The average Bonchev–Trinajstić information content (AvgIpc) is 3.05. The number of anilines is 1. The molecule has 0 bridgehead atoms. The molecule has 0 spiro atoms. The first kappa shape index (κ1) is 20.2. The minimum atomic E-state index is -0.353. The zero-order valence-electron chi connectivity index (χ0n) is 13.3. The molecule has 1 atom stereocenters. The summed E-state index contributed by atoms with van der Waals surface area (Å²) in [5.74, 6) is 1.40. The van der Waals surface area contributed by atoms with Gasteiger partial charge in [0, 0.05) is 12.5 Å². The standard InChI is InChI=1S/C15H18FN5O.2ClH/c1-8(17)6-11-13(16)12-14(18-7-10-4-3-5-22-10)19-9(2)20-15(12)21-11;;/h3-5,8H,6-7,17H2,1-2H3,(H2,18,19,20,21);2*1H/t8-;;/m0../s1. The fourth-order valence-electron chi connectivity index (χ4n) is 2.39. The van der Waals surface area contributed by atoms with Gasteiger partial charge in [0.25, 0.3) is 0 Å². The minimum absolute atomic E-state index is 0. The summed E-state index contributed by atoms with van der Waals surface area (Å²) in [4.78, 5) is 11.6. The SMILES string of the molecule is Cc1nc(NCc2ccco2)c2c(F)c(C[C@H](C)N)[nH]c2n1.Cl.Cl. The predicted molar refractivity (Wildman–Crippen MR) is 96.5 cm³/mol. The first-order chi connectivity index (χ1) is 10.5. The zero-order valence-corrected chi connectivity index (χ0v) is 14.9. The first-order valence-corrected chi connectivity index (χ1v) is 7.11. The van der Waals surface area contributed by atoms with Crippen LogP contribution < -0.4 is 11.1 Å². The highest BCUT2D eigenvalue weighted by Crippen LogP contribution is 2.27. The van der Waals surface area contributed by atoms with Crippen molar-refractivity contribution in [3.63, 3.8) is 0 Å². The van der Waals surface area contributed by atoms with E-state index in [1.165, 1.54) is 0 Å². The number of halogens is 3. The molecule has 0 fully saturated rings. The Bertz CT molecular complexity index is 789. The molecule has 0 amide bonds. The average molecular weight is 376 g/mol. The van der Waals surface area contributed by atoms with E-state index in [2.05, 4.69) is 20.3 Å². The Hall–Kier alpha value is -1.83. The molecular weight excluding hydrogens is 356 g/mol. The molecule has 0 aromatic carbocycles. The molecule has 9 heteroatoms. The van der Waals surface area contributed by atoms with Gasteiger partial charge in [-0.05, 0) is 26.0 Å². The Balaban J connectivity index is 0.00000144. The van der Waals surface area contributed by atoms with E-state index in [4.69, 9.17) is 10.2 Å². The third kappa shape index (κ3) is 4.17. The summed E-state index contributed by atoms with van der Waals surface area (Å²) in [6.45, 7) is 4.02. The van der Waals surface area contributed by atoms with Crippen molar-refractivity contribution in [3.05, 3.63) is 41.5 Å². The molecular formula is C15H20Cl2FN5O. The molecule has 6 nitrogen and oxygen atoms in total. The number of hydrogen-bond acceptors (Lipinski definition) is 5. The molecule has 24 heavy (non-hydrogen) atoms. The van der Waals surface area contributed by atoms with E-state index in [0.717, 1.165) is 5.76 Å². The second-order valence-electron chi connectivity index (χ2n) is 5.37. The van der Waals surface area contributed by atoms with Crippen molar-refractivity contribution in [3.8, 4) is 0 Å². The van der Waals surface area contributed by atoms with E-state index in [9.17, 15) is 4.39 Å². The molecule has 3 aromatic rings. The maximum absolute atomic E-state index is 14.6. The molecule has 0 aliphatic heterocycles. The van der Waals surface area contributed by atoms with Gasteiger partial charge in [-0.15, -0.1) is 24.8 Å². The van der Waals surface area contributed by atoms with Gasteiger partial charge in [0.2, 0.25) is 0 Å². The number of aryl methyl sites for hydroxylation is 1. The summed E-state index contributed by atoms with van der Waals surface area (Å²) < 4.78 is 19.9. The number of rotatable bonds is 5. The highest BCUT2D eigenvalue weighted by atomic mass is 35.5. The number of H-pyrrole nitrogens is 1. The zero-order chi connectivity index (χ0) is 15.7. The lowest BCUT2D eigenvalue weighted by molar-refractivity contribution is 0.518. The first-order valence-electron chi connectivity index (χ1n) is 7.11. The molecule has 3 rings (SSSR count). The Labute approximate surface area is 151 Å². The molecule has 132 valence electrons. The van der Waals surface area contributed by atoms with E-state index in [0.29, 0.717) is 41.3 Å². The number of aromatic nitrogens is 3. The Kier molecular flexibility index (Phi) is 7.01. The monoisotopic (exact) mass is 375 g/mol. The second-order valence-corrected chi connectivity index (χ2v) is 5.37. The van der Waals surface area contributed by atoms with Gasteiger partial charge < -0.3 is 20.5 Å². The van der Waals surface area contributed by atoms with E-state index >= 15 is 0 Å². The van der Waals surface area contributed by atoms with Crippen LogP contribution in [0.15, 0.2) is 22.8 Å². The third-order valence-corrected chi connectivity index (χ3v) is 3.31. The van der Waals surface area contributed by atoms with Crippen LogP contribution in [0.3, 0.4) is 0 Å². The van der Waals surface area contributed by atoms with Gasteiger partial charge in [-0.2, -0.15) is 0 Å². The molecule has 3 aromatic heterocycles. The topological polar surface area (TPSA) is 92.8 Å². The normalized spacial score (nSPS) is 11.7. The molecule has 0 aliphatic rings. The molecule has 0 radical (unpaired) electrons. The maximum atomic E-state index is 14.6. The fourth-order valence-corrected chi connectivity index (χ4v) is 2.39. The van der Waals surface area contributed by atoms with Gasteiger partial charge in [-0.3, -0.25) is 0 Å². The van der Waals surface area contributed by atoms with E-state index in [-0.39, 0.29) is 36.7 Å². The summed E-state index contributed by atoms with van der Waals surface area (Å²) in [7, 11) is 0. The molecule has 0 aliphatic carbocycles. The van der Waals surface area contributed by atoms with Crippen molar-refractivity contribution in [2.24, 2.45) is 5.73 Å². The van der Waals surface area contributed by atoms with Crippen LogP contribution in [0, 0.1) is 12.7 Å². The van der Waals surface area contributed by atoms with Gasteiger partial charge in [0.15, 0.2) is 5.82 Å². The lowest BCUT2D eigenvalue weighted by Gasteiger charge is -2.06. The number of hydrogen-bond donors (Lipinski definition) is 3. The van der Waals surface area contributed by atoms with Gasteiger partial charge in [0.05, 0.1) is 23.9 Å². The fraction of sp³-hybridized carbons (Fsp3) is 0.333. The number of aromatic amines is 1. The molecule has 4 N–H and O–H groups in total. The van der Waals surface area contributed by atoms with Gasteiger partial charge in [0.1, 0.15) is 23.0 Å². The van der Waals surface area contributed by atoms with E-state index in [1.54, 1.807) is 19.3 Å². The number of furan rings is 1. The highest BCUT2D eigenvalue weighted by Gasteiger charge is 2.18. The number of nitrogens with two attached hydrogens (primary N) is 1. The van der Waals surface area contributed by atoms with Crippen molar-refractivity contribution in [1.29, 1.82) is 0 Å². The predicted octanol–water partition coefficient (Wildman–Crippen LogP) is 3.34. The Morgan fingerprint density at radius 3 is 2.75 bits per heavy atom. The van der Waals surface area contributed by atoms with Crippen LogP contribution in [0.25, 0.3) is 11.0 Å². The second kappa shape index (κ2) is 8.32. The van der Waals surface area contributed by atoms with Crippen molar-refractivity contribution in [2.45, 2.75) is 32.9 Å². The van der Waals surface area contributed by atoms with Crippen LogP contribution in [0.2, 0.25) is 0 Å². The van der Waals surface area contributed by atoms with Crippen molar-refractivity contribution in [2.75, 3.05) is 5.32 Å². The largest absolute Gasteiger partial charge is 0.467 e. The van der Waals surface area contributed by atoms with E-state index in [1.807, 2.05) is 13.0 Å². The minimum Gasteiger partial charge on any atom is -0.467 e. The van der Waals surface area contributed by atoms with Crippen molar-refractivity contribution >= 4 is 41.7 Å². The van der Waals surface area contributed by atoms with Crippen LogP contribution >= 0.6 is 24.8 Å². The summed E-state index contributed by atoms with van der Waals surface area (Å²) >= 11 is 0. The summed E-state index contributed by atoms with van der Waals surface area (Å²) in [6.07, 6.45) is 2.01. The smallest absolute Gasteiger partial charge is 0.157 e. The lowest BCUT2D eigenvalue weighted by Crippen LogP contribution is -2.18. The van der Waals surface area contributed by atoms with Crippen LogP contribution in [-0.2, 0) is 13.0 Å². The van der Waals surface area contributed by atoms with Gasteiger partial charge >= 0.3 is 0 Å². The molecule has 0 unspecified atom stereocenters. The summed E-state index contributed by atoms with van der Waals surface area (Å²) in [6, 6.07) is 3.50. The molecule has 3 heterocycles. The summed E-state index contributed by atoms with van der Waals surface area (Å²) in [5, 5.41) is 3.46. The quantitative estimate of drug-likeness (QED) is 0.635. The van der Waals surface area contributed by atoms with Crippen molar-refractivity contribution in [1.82, 2.24) is 15.0 Å². The third-order valence-electron chi connectivity index (χ3n) is 3.31. The Morgan fingerprint density at radius 1 is 1.38 bits per heavy atom. The van der Waals surface area contributed by atoms with E-state index < -0.39 is 0 Å². The van der Waals surface area contributed by atoms with Gasteiger partial charge in [-0.25, -0.2) is 14.4 Å². The van der Waals surface area contributed by atoms with Crippen LogP contribution in [0.4, 0.5) is 10.2 Å². The highest BCUT2D eigenvalue weighted by molar-refractivity contribution is 5.88. The van der Waals surface area contributed by atoms with Crippen molar-refractivity contribution < 1.29 is 8.81 Å². The number of fused-ring (bicyclic) bond motifs is 1. The van der Waals surface area contributed by atoms with Gasteiger partial charge in [-0.1, -0.05) is 0 Å². The maximum Gasteiger partial charge on any atom is 0.157 e. The number of nitrogens with one attached hydrogen (secondary N) is 2. The summed E-state index contributed by atoms with van der Waals surface area (Å²) in [5.41, 5.74) is 6.68. The van der Waals surface area contributed by atoms with Crippen LogP contribution in [0.5, 0.6) is 0 Å². The molecule has 0 saturated heterocycles. The number of nitrogens with zero attached hydrogens (tertiary/aromatic N) is 2. The lowest BCUT2D eigenvalue weighted by atomic mass is 10.2.